The number of para-hydroxylation sites is 2. The van der Waals surface area contributed by atoms with Gasteiger partial charge in [0.05, 0.1) is 11.1 Å². The average Bonchev–Trinajstić information content (AvgIpc) is 3.30. The molecule has 0 saturated heterocycles. The molecule has 6 heteroatoms. The molecule has 1 atom stereocenters. The van der Waals surface area contributed by atoms with Gasteiger partial charge in [0.1, 0.15) is 6.04 Å². The van der Waals surface area contributed by atoms with Crippen LogP contribution in [0.5, 0.6) is 0 Å². The van der Waals surface area contributed by atoms with Gasteiger partial charge < -0.3 is 15.6 Å². The van der Waals surface area contributed by atoms with Crippen molar-refractivity contribution in [2.45, 2.75) is 19.0 Å². The van der Waals surface area contributed by atoms with E-state index in [0.29, 0.717) is 18.5 Å². The number of carbonyl (C=O) groups is 2. The summed E-state index contributed by atoms with van der Waals surface area (Å²) < 4.78 is 0. The van der Waals surface area contributed by atoms with Crippen LogP contribution in [0.15, 0.2) is 97.3 Å². The van der Waals surface area contributed by atoms with Crippen molar-refractivity contribution in [1.82, 2.24) is 20.6 Å². The summed E-state index contributed by atoms with van der Waals surface area (Å²) in [7, 11) is 0. The lowest BCUT2D eigenvalue weighted by molar-refractivity contribution is -0.123. The van der Waals surface area contributed by atoms with Crippen molar-refractivity contribution in [3.05, 3.63) is 114 Å². The molecule has 5 rings (SSSR count). The molecule has 34 heavy (non-hydrogen) atoms. The topological polar surface area (TPSA) is 86.9 Å². The van der Waals surface area contributed by atoms with E-state index in [1.807, 2.05) is 85.1 Å². The number of pyridine rings is 1. The molecule has 5 aromatic rings. The molecule has 6 nitrogen and oxygen atoms in total. The fourth-order valence-electron chi connectivity index (χ4n) is 4.07. The van der Waals surface area contributed by atoms with Crippen LogP contribution in [0.25, 0.3) is 21.8 Å². The van der Waals surface area contributed by atoms with Gasteiger partial charge in [-0.3, -0.25) is 14.6 Å². The van der Waals surface area contributed by atoms with E-state index in [0.717, 1.165) is 32.9 Å². The molecule has 0 saturated carbocycles. The van der Waals surface area contributed by atoms with Crippen molar-refractivity contribution in [2.24, 2.45) is 0 Å². The van der Waals surface area contributed by atoms with Gasteiger partial charge in [-0.25, -0.2) is 0 Å². The molecule has 3 N–H and O–H groups in total. The highest BCUT2D eigenvalue weighted by Crippen LogP contribution is 2.20. The number of aromatic amines is 1. The van der Waals surface area contributed by atoms with Crippen molar-refractivity contribution in [2.75, 3.05) is 0 Å². The lowest BCUT2D eigenvalue weighted by atomic mass is 10.0. The number of rotatable bonds is 7. The predicted molar refractivity (Wildman–Crippen MR) is 133 cm³/mol. The van der Waals surface area contributed by atoms with Crippen LogP contribution in [0.3, 0.4) is 0 Å². The molecular formula is C28H24N4O2. The molecule has 1 unspecified atom stereocenters. The zero-order valence-corrected chi connectivity index (χ0v) is 18.5. The monoisotopic (exact) mass is 448 g/mol. The molecular weight excluding hydrogens is 424 g/mol. The summed E-state index contributed by atoms with van der Waals surface area (Å²) >= 11 is 0. The van der Waals surface area contributed by atoms with Crippen LogP contribution in [0.2, 0.25) is 0 Å². The maximum atomic E-state index is 13.2. The van der Waals surface area contributed by atoms with Gasteiger partial charge in [0.25, 0.3) is 5.91 Å². The molecule has 2 amide bonds. The summed E-state index contributed by atoms with van der Waals surface area (Å²) in [6.07, 6.45) is 3.80. The molecule has 168 valence electrons. The van der Waals surface area contributed by atoms with Gasteiger partial charge in [-0.2, -0.15) is 0 Å². The van der Waals surface area contributed by atoms with Gasteiger partial charge in [0.15, 0.2) is 0 Å². The van der Waals surface area contributed by atoms with E-state index < -0.39 is 6.04 Å². The van der Waals surface area contributed by atoms with Gasteiger partial charge in [0, 0.05) is 41.6 Å². The van der Waals surface area contributed by atoms with E-state index in [1.54, 1.807) is 12.3 Å². The minimum atomic E-state index is -0.748. The minimum Gasteiger partial charge on any atom is -0.361 e. The third kappa shape index (κ3) is 4.66. The standard InChI is InChI=1S/C28H24N4O2/c33-27(22-14-20-10-4-6-12-24(20)29-18-22)32-26(28(34)31-16-19-8-2-1-3-9-19)15-21-17-30-25-13-7-5-11-23(21)25/h1-14,17-18,26,30H,15-16H2,(H,31,34)(H,32,33). The lowest BCUT2D eigenvalue weighted by Gasteiger charge is -2.19. The maximum absolute atomic E-state index is 13.2. The number of hydrogen-bond acceptors (Lipinski definition) is 3. The smallest absolute Gasteiger partial charge is 0.253 e. The molecule has 0 radical (unpaired) electrons. The van der Waals surface area contributed by atoms with Crippen molar-refractivity contribution in [1.29, 1.82) is 0 Å². The first-order chi connectivity index (χ1) is 16.7. The zero-order chi connectivity index (χ0) is 23.3. The van der Waals surface area contributed by atoms with E-state index in [2.05, 4.69) is 20.6 Å². The van der Waals surface area contributed by atoms with Crippen LogP contribution in [-0.2, 0) is 17.8 Å². The lowest BCUT2D eigenvalue weighted by Crippen LogP contribution is -2.47. The Morgan fingerprint density at radius 2 is 1.68 bits per heavy atom. The first-order valence-electron chi connectivity index (χ1n) is 11.2. The fourth-order valence-corrected chi connectivity index (χ4v) is 4.07. The Labute approximate surface area is 197 Å². The molecule has 0 aliphatic carbocycles. The summed E-state index contributed by atoms with van der Waals surface area (Å²) in [5, 5.41) is 7.80. The van der Waals surface area contributed by atoms with E-state index in [-0.39, 0.29) is 11.8 Å². The van der Waals surface area contributed by atoms with Crippen LogP contribution in [0.4, 0.5) is 0 Å². The number of fused-ring (bicyclic) bond motifs is 2. The van der Waals surface area contributed by atoms with Gasteiger partial charge >= 0.3 is 0 Å². The number of nitrogens with one attached hydrogen (secondary N) is 3. The minimum absolute atomic E-state index is 0.240. The summed E-state index contributed by atoms with van der Waals surface area (Å²) in [5.74, 6) is -0.575. The molecule has 0 aliphatic heterocycles. The van der Waals surface area contributed by atoms with Crippen LogP contribution in [-0.4, -0.2) is 27.8 Å². The third-order valence-electron chi connectivity index (χ3n) is 5.88. The second-order valence-corrected chi connectivity index (χ2v) is 8.21. The highest BCUT2D eigenvalue weighted by atomic mass is 16.2. The Bertz CT molecular complexity index is 1460. The molecule has 0 bridgehead atoms. The van der Waals surface area contributed by atoms with Crippen molar-refractivity contribution >= 4 is 33.6 Å². The maximum Gasteiger partial charge on any atom is 0.253 e. The largest absolute Gasteiger partial charge is 0.361 e. The number of aromatic nitrogens is 2. The fraction of sp³-hybridized carbons (Fsp3) is 0.107. The summed E-state index contributed by atoms with van der Waals surface area (Å²) in [6.45, 7) is 0.386. The normalized spacial score (nSPS) is 11.9. The number of hydrogen-bond donors (Lipinski definition) is 3. The van der Waals surface area contributed by atoms with Crippen LogP contribution < -0.4 is 10.6 Å². The highest BCUT2D eigenvalue weighted by Gasteiger charge is 2.23. The Kier molecular flexibility index (Phi) is 6.03. The molecule has 0 aliphatic rings. The Balaban J connectivity index is 1.38. The number of amides is 2. The van der Waals surface area contributed by atoms with Crippen molar-refractivity contribution < 1.29 is 9.59 Å². The van der Waals surface area contributed by atoms with Crippen LogP contribution in [0.1, 0.15) is 21.5 Å². The second kappa shape index (κ2) is 9.58. The average molecular weight is 449 g/mol. The van der Waals surface area contributed by atoms with E-state index in [1.165, 1.54) is 0 Å². The molecule has 0 spiro atoms. The number of benzene rings is 3. The number of nitrogens with zero attached hydrogens (tertiary/aromatic N) is 1. The summed E-state index contributed by atoms with van der Waals surface area (Å²) in [4.78, 5) is 34.0. The SMILES string of the molecule is O=C(NC(Cc1c[nH]c2ccccc12)C(=O)NCc1ccccc1)c1cnc2ccccc2c1. The van der Waals surface area contributed by atoms with Gasteiger partial charge in [-0.05, 0) is 29.3 Å². The van der Waals surface area contributed by atoms with Gasteiger partial charge in [-0.15, -0.1) is 0 Å². The second-order valence-electron chi connectivity index (χ2n) is 8.21. The Morgan fingerprint density at radius 1 is 0.912 bits per heavy atom. The van der Waals surface area contributed by atoms with E-state index >= 15 is 0 Å². The van der Waals surface area contributed by atoms with Crippen molar-refractivity contribution in [3.63, 3.8) is 0 Å². The predicted octanol–water partition coefficient (Wildman–Crippen LogP) is 4.37. The Hall–Kier alpha value is -4.45. The molecule has 2 aromatic heterocycles. The van der Waals surface area contributed by atoms with E-state index in [4.69, 9.17) is 0 Å². The molecule has 2 heterocycles. The molecule has 0 fully saturated rings. The van der Waals surface area contributed by atoms with Gasteiger partial charge in [-0.1, -0.05) is 66.7 Å². The zero-order valence-electron chi connectivity index (χ0n) is 18.5. The van der Waals surface area contributed by atoms with Crippen LogP contribution in [0, 0.1) is 0 Å². The third-order valence-corrected chi connectivity index (χ3v) is 5.88. The number of carbonyl (C=O) groups excluding carboxylic acids is 2. The first kappa shape index (κ1) is 21.4. The summed E-state index contributed by atoms with van der Waals surface area (Å²) in [6, 6.07) is 26.3. The first-order valence-corrected chi connectivity index (χ1v) is 11.2. The summed E-state index contributed by atoms with van der Waals surface area (Å²) in [5.41, 5.74) is 4.18. The van der Waals surface area contributed by atoms with Crippen molar-refractivity contribution in [3.8, 4) is 0 Å². The van der Waals surface area contributed by atoms with Gasteiger partial charge in [0.2, 0.25) is 5.91 Å². The van der Waals surface area contributed by atoms with E-state index in [9.17, 15) is 9.59 Å². The quantitative estimate of drug-likeness (QED) is 0.345. The Morgan fingerprint density at radius 3 is 2.56 bits per heavy atom. The van der Waals surface area contributed by atoms with Crippen LogP contribution >= 0.6 is 0 Å². The highest BCUT2D eigenvalue weighted by molar-refractivity contribution is 6.00. The molecule has 3 aromatic carbocycles. The number of H-pyrrole nitrogens is 1.